The van der Waals surface area contributed by atoms with Crippen LogP contribution in [0.4, 0.5) is 0 Å². The molecule has 0 aliphatic heterocycles. The Balaban J connectivity index is 0. The average Bonchev–Trinajstić information content (AvgIpc) is 2.08. The zero-order chi connectivity index (χ0) is 11.0. The van der Waals surface area contributed by atoms with Crippen LogP contribution in [0.5, 0.6) is 0 Å². The van der Waals surface area contributed by atoms with E-state index in [0.717, 1.165) is 6.42 Å². The van der Waals surface area contributed by atoms with Crippen LogP contribution in [0.25, 0.3) is 0 Å². The summed E-state index contributed by atoms with van der Waals surface area (Å²) < 4.78 is 35.0. The van der Waals surface area contributed by atoms with E-state index in [0.29, 0.717) is 25.7 Å². The van der Waals surface area contributed by atoms with Gasteiger partial charge in [0.15, 0.2) is 0 Å². The molecule has 0 radical (unpaired) electrons. The summed E-state index contributed by atoms with van der Waals surface area (Å²) >= 11 is 0. The second-order valence-electron chi connectivity index (χ2n) is 3.00. The fourth-order valence-corrected chi connectivity index (χ4v) is 1.56. The average molecular weight is 246 g/mol. The number of carbonyl (C=O) groups excluding carboxylic acids is 1. The number of unbranched alkanes of at least 4 members (excludes halogenated alkanes) is 3. The Hall–Kier alpha value is 0.380. The molecule has 0 aliphatic rings. The van der Waals surface area contributed by atoms with Gasteiger partial charge in [-0.15, -0.1) is 0 Å². The second-order valence-corrected chi connectivity index (χ2v) is 4.53. The van der Waals surface area contributed by atoms with Crippen LogP contribution in [-0.2, 0) is 19.6 Å². The summed E-state index contributed by atoms with van der Waals surface area (Å²) in [5.41, 5.74) is 0. The zero-order valence-corrected chi connectivity index (χ0v) is 12.0. The normalized spacial score (nSPS) is 10.5. The van der Waals surface area contributed by atoms with E-state index in [-0.39, 0.29) is 41.3 Å². The van der Waals surface area contributed by atoms with Crippen molar-refractivity contribution in [3.8, 4) is 0 Å². The molecule has 0 saturated carbocycles. The third kappa shape index (κ3) is 14.4. The summed E-state index contributed by atoms with van der Waals surface area (Å²) in [6.45, 7) is 0. The van der Waals surface area contributed by atoms with Crippen molar-refractivity contribution in [2.24, 2.45) is 0 Å². The molecule has 0 aliphatic carbocycles. The minimum Gasteiger partial charge on any atom is -0.748 e. The van der Waals surface area contributed by atoms with Gasteiger partial charge in [-0.05, 0) is 12.8 Å². The standard InChI is InChI=1S/C8H16O5S.Na/c1-13-8(9)6-4-2-3-5-7-14(10,11)12;/h2-7H2,1H3,(H,10,11,12);/q;+1/p-1. The van der Waals surface area contributed by atoms with Crippen LogP contribution in [0.2, 0.25) is 0 Å². The van der Waals surface area contributed by atoms with Crippen LogP contribution in [0, 0.1) is 0 Å². The fourth-order valence-electron chi connectivity index (χ4n) is 1.00. The van der Waals surface area contributed by atoms with Crippen molar-refractivity contribution in [3.05, 3.63) is 0 Å². The monoisotopic (exact) mass is 246 g/mol. The topological polar surface area (TPSA) is 83.5 Å². The number of esters is 1. The molecular weight excluding hydrogens is 231 g/mol. The maximum atomic E-state index is 10.6. The van der Waals surface area contributed by atoms with Crippen molar-refractivity contribution in [2.45, 2.75) is 32.1 Å². The molecule has 0 aromatic carbocycles. The van der Waals surface area contributed by atoms with Crippen molar-refractivity contribution in [3.63, 3.8) is 0 Å². The van der Waals surface area contributed by atoms with Gasteiger partial charge in [-0.25, -0.2) is 8.42 Å². The van der Waals surface area contributed by atoms with Crippen molar-refractivity contribution in [2.75, 3.05) is 12.9 Å². The first-order valence-corrected chi connectivity index (χ1v) is 6.04. The maximum Gasteiger partial charge on any atom is 1.00 e. The molecule has 7 heteroatoms. The molecule has 0 N–H and O–H groups in total. The predicted molar refractivity (Wildman–Crippen MR) is 49.7 cm³/mol. The molecule has 0 fully saturated rings. The molecule has 0 heterocycles. The molecule has 0 aromatic rings. The Morgan fingerprint density at radius 1 is 1.20 bits per heavy atom. The van der Waals surface area contributed by atoms with Gasteiger partial charge in [-0.1, -0.05) is 12.8 Å². The Morgan fingerprint density at radius 3 is 2.20 bits per heavy atom. The molecular formula is C8H15NaO5S. The van der Waals surface area contributed by atoms with E-state index in [1.807, 2.05) is 0 Å². The van der Waals surface area contributed by atoms with Crippen LogP contribution in [0.15, 0.2) is 0 Å². The summed E-state index contributed by atoms with van der Waals surface area (Å²) in [6.07, 6.45) is 2.78. The maximum absolute atomic E-state index is 10.6. The van der Waals surface area contributed by atoms with E-state index in [9.17, 15) is 17.8 Å². The van der Waals surface area contributed by atoms with Crippen LogP contribution >= 0.6 is 0 Å². The van der Waals surface area contributed by atoms with E-state index < -0.39 is 10.1 Å². The van der Waals surface area contributed by atoms with Crippen molar-refractivity contribution < 1.29 is 52.1 Å². The number of ether oxygens (including phenoxy) is 1. The third-order valence-corrected chi connectivity index (χ3v) is 2.54. The van der Waals surface area contributed by atoms with Gasteiger partial charge in [0, 0.05) is 12.2 Å². The Bertz CT molecular complexity index is 262. The first-order valence-electron chi connectivity index (χ1n) is 4.46. The predicted octanol–water partition coefficient (Wildman–Crippen LogP) is -2.34. The third-order valence-electron chi connectivity index (χ3n) is 1.75. The van der Waals surface area contributed by atoms with E-state index in [2.05, 4.69) is 4.74 Å². The van der Waals surface area contributed by atoms with Crippen LogP contribution in [0.3, 0.4) is 0 Å². The van der Waals surface area contributed by atoms with Crippen LogP contribution < -0.4 is 29.6 Å². The number of rotatable bonds is 7. The molecule has 0 amide bonds. The first-order chi connectivity index (χ1) is 6.45. The molecule has 0 bridgehead atoms. The summed E-state index contributed by atoms with van der Waals surface area (Å²) in [5, 5.41) is 0. The van der Waals surface area contributed by atoms with Gasteiger partial charge in [0.05, 0.1) is 17.2 Å². The molecule has 15 heavy (non-hydrogen) atoms. The molecule has 0 saturated heterocycles. The van der Waals surface area contributed by atoms with Gasteiger partial charge in [-0.3, -0.25) is 4.79 Å². The van der Waals surface area contributed by atoms with Crippen LogP contribution in [0.1, 0.15) is 32.1 Å². The number of hydrogen-bond donors (Lipinski definition) is 0. The van der Waals surface area contributed by atoms with E-state index in [1.165, 1.54) is 7.11 Å². The first kappa shape index (κ1) is 17.8. The van der Waals surface area contributed by atoms with Gasteiger partial charge in [0.1, 0.15) is 0 Å². The largest absolute Gasteiger partial charge is 1.00 e. The smallest absolute Gasteiger partial charge is 0.748 e. The van der Waals surface area contributed by atoms with Gasteiger partial charge in [-0.2, -0.15) is 0 Å². The Morgan fingerprint density at radius 2 is 1.73 bits per heavy atom. The molecule has 0 rings (SSSR count). The SMILES string of the molecule is COC(=O)CCCCCCS(=O)(=O)[O-].[Na+]. The minimum absolute atomic E-state index is 0. The fraction of sp³-hybridized carbons (Fsp3) is 0.875. The van der Waals surface area contributed by atoms with Crippen molar-refractivity contribution in [1.29, 1.82) is 0 Å². The van der Waals surface area contributed by atoms with Crippen molar-refractivity contribution in [1.82, 2.24) is 0 Å². The van der Waals surface area contributed by atoms with E-state index >= 15 is 0 Å². The minimum atomic E-state index is -4.07. The summed E-state index contributed by atoms with van der Waals surface area (Å²) in [6, 6.07) is 0. The number of carbonyl (C=O) groups is 1. The molecule has 0 aromatic heterocycles. The van der Waals surface area contributed by atoms with Gasteiger partial charge >= 0.3 is 35.5 Å². The number of hydrogen-bond acceptors (Lipinski definition) is 5. The van der Waals surface area contributed by atoms with Gasteiger partial charge < -0.3 is 9.29 Å². The molecule has 0 unspecified atom stereocenters. The molecule has 0 atom stereocenters. The zero-order valence-electron chi connectivity index (χ0n) is 9.19. The van der Waals surface area contributed by atoms with E-state index in [1.54, 1.807) is 0 Å². The van der Waals surface area contributed by atoms with Crippen LogP contribution in [-0.4, -0.2) is 31.8 Å². The van der Waals surface area contributed by atoms with E-state index in [4.69, 9.17) is 0 Å². The summed E-state index contributed by atoms with van der Waals surface area (Å²) in [5.74, 6) is -0.577. The summed E-state index contributed by atoms with van der Waals surface area (Å²) in [7, 11) is -2.75. The van der Waals surface area contributed by atoms with Gasteiger partial charge in [0.2, 0.25) is 0 Å². The van der Waals surface area contributed by atoms with Gasteiger partial charge in [0.25, 0.3) is 0 Å². The molecule has 0 spiro atoms. The molecule has 84 valence electrons. The number of methoxy groups -OCH3 is 1. The van der Waals surface area contributed by atoms with Crippen molar-refractivity contribution >= 4 is 16.1 Å². The quantitative estimate of drug-likeness (QED) is 0.217. The summed E-state index contributed by atoms with van der Waals surface area (Å²) in [4.78, 5) is 10.6. The molecule has 5 nitrogen and oxygen atoms in total. The Labute approximate surface area is 113 Å². The second kappa shape index (κ2) is 9.59. The Kier molecular flexibility index (Phi) is 11.4.